The predicted octanol–water partition coefficient (Wildman–Crippen LogP) is 1.18. The topological polar surface area (TPSA) is 123 Å². The van der Waals surface area contributed by atoms with Gasteiger partial charge in [0.1, 0.15) is 0 Å². The van der Waals surface area contributed by atoms with Crippen LogP contribution in [0.5, 0.6) is 11.5 Å². The van der Waals surface area contributed by atoms with Crippen LogP contribution in [-0.2, 0) is 16.0 Å². The van der Waals surface area contributed by atoms with E-state index in [1.54, 1.807) is 18.2 Å². The second kappa shape index (κ2) is 9.51. The Kier molecular flexibility index (Phi) is 7.71. The number of hydrogen-bond donors (Lipinski definition) is 3. The van der Waals surface area contributed by atoms with Crippen LogP contribution in [0.4, 0.5) is 0 Å². The summed E-state index contributed by atoms with van der Waals surface area (Å²) >= 11 is 0. The van der Waals surface area contributed by atoms with Crippen LogP contribution in [0, 0.1) is 5.92 Å². The van der Waals surface area contributed by atoms with E-state index in [1.807, 2.05) is 13.8 Å². The van der Waals surface area contributed by atoms with E-state index in [1.165, 1.54) is 14.2 Å². The Balaban J connectivity index is 2.75. The van der Waals surface area contributed by atoms with Gasteiger partial charge in [0.05, 0.1) is 20.6 Å². The van der Waals surface area contributed by atoms with Crippen LogP contribution < -0.4 is 20.5 Å². The lowest BCUT2D eigenvalue weighted by Crippen LogP contribution is -2.39. The Hall–Kier alpha value is -2.77. The van der Waals surface area contributed by atoms with Crippen molar-refractivity contribution in [2.75, 3.05) is 14.2 Å². The van der Waals surface area contributed by atoms with Gasteiger partial charge in [0.25, 0.3) is 0 Å². The van der Waals surface area contributed by atoms with Crippen LogP contribution in [-0.4, -0.2) is 43.2 Å². The van der Waals surface area contributed by atoms with Gasteiger partial charge in [-0.15, -0.1) is 0 Å². The van der Waals surface area contributed by atoms with Gasteiger partial charge in [-0.2, -0.15) is 0 Å². The Bertz CT molecular complexity index is 643. The zero-order valence-electron chi connectivity index (χ0n) is 14.9. The maximum absolute atomic E-state index is 12.1. The number of amides is 1. The standard InChI is InChI=1S/C17H25N3O5/c1-10(2)7-12(16(22)23)19-17(18)20-15(21)9-11-5-6-13(24-3)14(8-11)25-4/h5-6,8,10,12H,7,9H2,1-4H3,(H,22,23)(H3,18,19,20,21). The summed E-state index contributed by atoms with van der Waals surface area (Å²) in [6, 6.07) is 4.13. The molecule has 138 valence electrons. The maximum atomic E-state index is 12.1. The summed E-state index contributed by atoms with van der Waals surface area (Å²) in [7, 11) is 3.03. The molecule has 0 aliphatic carbocycles. The summed E-state index contributed by atoms with van der Waals surface area (Å²) in [6.07, 6.45) is 0.375. The van der Waals surface area contributed by atoms with E-state index in [2.05, 4.69) is 10.3 Å². The highest BCUT2D eigenvalue weighted by atomic mass is 16.5. The Morgan fingerprint density at radius 2 is 1.88 bits per heavy atom. The average Bonchev–Trinajstić information content (AvgIpc) is 2.53. The van der Waals surface area contributed by atoms with E-state index in [9.17, 15) is 9.59 Å². The first-order valence-corrected chi connectivity index (χ1v) is 7.83. The van der Waals surface area contributed by atoms with Crippen molar-refractivity contribution in [3.63, 3.8) is 0 Å². The third-order valence-corrected chi connectivity index (χ3v) is 3.35. The van der Waals surface area contributed by atoms with Gasteiger partial charge < -0.3 is 20.3 Å². The van der Waals surface area contributed by atoms with Gasteiger partial charge in [-0.3, -0.25) is 10.1 Å². The molecule has 0 saturated heterocycles. The van der Waals surface area contributed by atoms with E-state index >= 15 is 0 Å². The molecule has 1 aromatic carbocycles. The van der Waals surface area contributed by atoms with Crippen LogP contribution in [0.3, 0.4) is 0 Å². The zero-order chi connectivity index (χ0) is 19.0. The Morgan fingerprint density at radius 1 is 1.24 bits per heavy atom. The monoisotopic (exact) mass is 351 g/mol. The van der Waals surface area contributed by atoms with Crippen molar-refractivity contribution in [1.82, 2.24) is 5.32 Å². The highest BCUT2D eigenvalue weighted by Crippen LogP contribution is 2.27. The summed E-state index contributed by atoms with van der Waals surface area (Å²) in [5.74, 6) is -0.477. The number of nitrogens with zero attached hydrogens (tertiary/aromatic N) is 1. The number of methoxy groups -OCH3 is 2. The fourth-order valence-electron chi connectivity index (χ4n) is 2.22. The third-order valence-electron chi connectivity index (χ3n) is 3.35. The molecule has 1 unspecified atom stereocenters. The minimum absolute atomic E-state index is 0.0402. The van der Waals surface area contributed by atoms with Gasteiger partial charge >= 0.3 is 5.97 Å². The molecule has 8 heteroatoms. The van der Waals surface area contributed by atoms with E-state index < -0.39 is 17.9 Å². The molecule has 1 atom stereocenters. The number of ether oxygens (including phenoxy) is 2. The second-order valence-electron chi connectivity index (χ2n) is 5.91. The molecule has 0 saturated carbocycles. The number of carboxylic acid groups (broad SMARTS) is 1. The zero-order valence-corrected chi connectivity index (χ0v) is 14.9. The molecule has 8 nitrogen and oxygen atoms in total. The molecule has 0 radical (unpaired) electrons. The Labute approximate surface area is 147 Å². The summed E-state index contributed by atoms with van der Waals surface area (Å²) < 4.78 is 10.3. The molecule has 0 bridgehead atoms. The summed E-state index contributed by atoms with van der Waals surface area (Å²) in [6.45, 7) is 3.77. The van der Waals surface area contributed by atoms with Crippen molar-refractivity contribution in [2.45, 2.75) is 32.7 Å². The van der Waals surface area contributed by atoms with E-state index in [0.717, 1.165) is 0 Å². The number of guanidine groups is 1. The van der Waals surface area contributed by atoms with Crippen molar-refractivity contribution in [1.29, 1.82) is 0 Å². The molecule has 0 aliphatic rings. The molecule has 1 aromatic rings. The van der Waals surface area contributed by atoms with Crippen LogP contribution >= 0.6 is 0 Å². The number of carboxylic acids is 1. The molecule has 1 amide bonds. The minimum atomic E-state index is -1.08. The lowest BCUT2D eigenvalue weighted by molar-refractivity contribution is -0.138. The molecule has 1 rings (SSSR count). The second-order valence-corrected chi connectivity index (χ2v) is 5.91. The van der Waals surface area contributed by atoms with Gasteiger partial charge in [-0.05, 0) is 30.0 Å². The number of nitrogens with one attached hydrogen (secondary N) is 1. The quantitative estimate of drug-likeness (QED) is 0.477. The number of aliphatic carboxylic acids is 1. The number of aliphatic imine (C=N–C) groups is 1. The predicted molar refractivity (Wildman–Crippen MR) is 93.9 cm³/mol. The number of hydrogen-bond acceptors (Lipinski definition) is 5. The van der Waals surface area contributed by atoms with Crippen molar-refractivity contribution in [3.8, 4) is 11.5 Å². The van der Waals surface area contributed by atoms with E-state index in [0.29, 0.717) is 23.5 Å². The van der Waals surface area contributed by atoms with Crippen molar-refractivity contribution in [2.24, 2.45) is 16.6 Å². The Morgan fingerprint density at radius 3 is 2.40 bits per heavy atom. The van der Waals surface area contributed by atoms with Crippen molar-refractivity contribution < 1.29 is 24.2 Å². The third kappa shape index (κ3) is 6.70. The molecule has 0 spiro atoms. The van der Waals surface area contributed by atoms with Crippen molar-refractivity contribution >= 4 is 17.8 Å². The van der Waals surface area contributed by atoms with E-state index in [-0.39, 0.29) is 18.3 Å². The first-order valence-electron chi connectivity index (χ1n) is 7.83. The lowest BCUT2D eigenvalue weighted by Gasteiger charge is -2.12. The number of carbonyl (C=O) groups excluding carboxylic acids is 1. The molecule has 0 fully saturated rings. The number of benzene rings is 1. The first-order chi connectivity index (χ1) is 11.8. The maximum Gasteiger partial charge on any atom is 0.328 e. The molecule has 25 heavy (non-hydrogen) atoms. The first kappa shape index (κ1) is 20.3. The van der Waals surface area contributed by atoms with Gasteiger partial charge in [-0.25, -0.2) is 9.79 Å². The van der Waals surface area contributed by atoms with Gasteiger partial charge in [0.15, 0.2) is 23.5 Å². The highest BCUT2D eigenvalue weighted by molar-refractivity contribution is 5.97. The van der Waals surface area contributed by atoms with Gasteiger partial charge in [0.2, 0.25) is 5.91 Å². The number of carbonyl (C=O) groups is 2. The minimum Gasteiger partial charge on any atom is -0.493 e. The summed E-state index contributed by atoms with van der Waals surface area (Å²) in [5, 5.41) is 11.6. The smallest absolute Gasteiger partial charge is 0.328 e. The van der Waals surface area contributed by atoms with Gasteiger partial charge in [-0.1, -0.05) is 19.9 Å². The van der Waals surface area contributed by atoms with Crippen LogP contribution in [0.1, 0.15) is 25.8 Å². The summed E-state index contributed by atoms with van der Waals surface area (Å²) in [5.41, 5.74) is 6.35. The largest absolute Gasteiger partial charge is 0.493 e. The number of rotatable bonds is 8. The van der Waals surface area contributed by atoms with Crippen LogP contribution in [0.15, 0.2) is 23.2 Å². The average molecular weight is 351 g/mol. The van der Waals surface area contributed by atoms with E-state index in [4.69, 9.17) is 20.3 Å². The molecule has 0 aliphatic heterocycles. The molecule has 4 N–H and O–H groups in total. The lowest BCUT2D eigenvalue weighted by atomic mass is 10.0. The molecule has 0 aromatic heterocycles. The van der Waals surface area contributed by atoms with Crippen LogP contribution in [0.25, 0.3) is 0 Å². The fraction of sp³-hybridized carbons (Fsp3) is 0.471. The van der Waals surface area contributed by atoms with Crippen molar-refractivity contribution in [3.05, 3.63) is 23.8 Å². The van der Waals surface area contributed by atoms with Crippen LogP contribution in [0.2, 0.25) is 0 Å². The SMILES string of the molecule is COc1ccc(CC(=O)NC(N)=NC(CC(C)C)C(=O)O)cc1OC. The molecule has 0 heterocycles. The molecular weight excluding hydrogens is 326 g/mol. The van der Waals surface area contributed by atoms with Gasteiger partial charge in [0, 0.05) is 0 Å². The summed E-state index contributed by atoms with van der Waals surface area (Å²) in [4.78, 5) is 27.1. The fourth-order valence-corrected chi connectivity index (χ4v) is 2.22. The normalized spacial score (nSPS) is 12.6. The highest BCUT2D eigenvalue weighted by Gasteiger charge is 2.19. The number of nitrogens with two attached hydrogens (primary N) is 1. The molecular formula is C17H25N3O5.